The van der Waals surface area contributed by atoms with E-state index in [1.54, 1.807) is 7.11 Å². The number of hydrogen-bond acceptors (Lipinski definition) is 4. The van der Waals surface area contributed by atoms with Crippen molar-refractivity contribution in [3.05, 3.63) is 24.4 Å². The topological polar surface area (TPSA) is 59.4 Å². The van der Waals surface area contributed by atoms with E-state index in [4.69, 9.17) is 4.74 Å². The van der Waals surface area contributed by atoms with E-state index in [0.29, 0.717) is 13.0 Å². The van der Waals surface area contributed by atoms with E-state index in [2.05, 4.69) is 15.3 Å². The molecule has 1 amide bonds. The molecule has 0 unspecified atom stereocenters. The standard InChI is InChI=1S/C17H24N4O2/c1-23-15-4-5-16-14(12-15)13-19-21(16)10-6-17(22)18-7-11-20-8-2-3-9-20/h4-5,12-13H,2-3,6-11H2,1H3,(H,18,22). The van der Waals surface area contributed by atoms with Gasteiger partial charge < -0.3 is 15.0 Å². The van der Waals surface area contributed by atoms with Crippen LogP contribution in [0.4, 0.5) is 0 Å². The molecule has 1 N–H and O–H groups in total. The largest absolute Gasteiger partial charge is 0.497 e. The first-order chi connectivity index (χ1) is 11.3. The Kier molecular flexibility index (Phi) is 5.12. The molecule has 0 bridgehead atoms. The number of hydrogen-bond donors (Lipinski definition) is 1. The summed E-state index contributed by atoms with van der Waals surface area (Å²) in [5, 5.41) is 8.38. The van der Waals surface area contributed by atoms with Gasteiger partial charge in [-0.3, -0.25) is 9.48 Å². The lowest BCUT2D eigenvalue weighted by Crippen LogP contribution is -2.33. The Bertz CT molecular complexity index is 662. The summed E-state index contributed by atoms with van der Waals surface area (Å²) in [6.45, 7) is 4.61. The molecule has 2 aromatic rings. The SMILES string of the molecule is COc1ccc2c(cnn2CCC(=O)NCCN2CCCC2)c1. The average molecular weight is 316 g/mol. The van der Waals surface area contributed by atoms with E-state index in [1.807, 2.05) is 29.1 Å². The van der Waals surface area contributed by atoms with Gasteiger partial charge in [0.25, 0.3) is 0 Å². The third kappa shape index (κ3) is 4.01. The second-order valence-electron chi connectivity index (χ2n) is 5.94. The molecule has 124 valence electrons. The van der Waals surface area contributed by atoms with Crippen molar-refractivity contribution in [1.82, 2.24) is 20.0 Å². The van der Waals surface area contributed by atoms with E-state index >= 15 is 0 Å². The van der Waals surface area contributed by atoms with Crippen LogP contribution in [0.5, 0.6) is 5.75 Å². The highest BCUT2D eigenvalue weighted by molar-refractivity contribution is 5.80. The highest BCUT2D eigenvalue weighted by Crippen LogP contribution is 2.20. The predicted molar refractivity (Wildman–Crippen MR) is 89.6 cm³/mol. The van der Waals surface area contributed by atoms with Gasteiger partial charge in [-0.1, -0.05) is 0 Å². The molecule has 1 aromatic carbocycles. The third-order valence-electron chi connectivity index (χ3n) is 4.35. The van der Waals surface area contributed by atoms with Crippen LogP contribution in [-0.2, 0) is 11.3 Å². The number of carbonyl (C=O) groups excluding carboxylic acids is 1. The summed E-state index contributed by atoms with van der Waals surface area (Å²) in [5.74, 6) is 0.901. The summed E-state index contributed by atoms with van der Waals surface area (Å²) in [7, 11) is 1.65. The predicted octanol–water partition coefficient (Wildman–Crippen LogP) is 1.65. The van der Waals surface area contributed by atoms with Crippen molar-refractivity contribution in [3.8, 4) is 5.75 Å². The van der Waals surface area contributed by atoms with Gasteiger partial charge in [-0.25, -0.2) is 0 Å². The minimum atomic E-state index is 0.0846. The van der Waals surface area contributed by atoms with Gasteiger partial charge in [0.2, 0.25) is 5.91 Å². The highest BCUT2D eigenvalue weighted by Gasteiger charge is 2.11. The van der Waals surface area contributed by atoms with Crippen LogP contribution in [0, 0.1) is 0 Å². The van der Waals surface area contributed by atoms with Crippen LogP contribution in [-0.4, -0.2) is 53.9 Å². The number of aryl methyl sites for hydroxylation is 1. The van der Waals surface area contributed by atoms with Crippen molar-refractivity contribution >= 4 is 16.8 Å². The lowest BCUT2D eigenvalue weighted by atomic mass is 10.2. The Morgan fingerprint density at radius 2 is 2.13 bits per heavy atom. The molecule has 1 fully saturated rings. The van der Waals surface area contributed by atoms with Crippen molar-refractivity contribution < 1.29 is 9.53 Å². The summed E-state index contributed by atoms with van der Waals surface area (Å²) in [6, 6.07) is 5.85. The number of rotatable bonds is 7. The zero-order chi connectivity index (χ0) is 16.1. The summed E-state index contributed by atoms with van der Waals surface area (Å²) >= 11 is 0. The molecule has 23 heavy (non-hydrogen) atoms. The lowest BCUT2D eigenvalue weighted by Gasteiger charge is -2.14. The van der Waals surface area contributed by atoms with E-state index in [9.17, 15) is 4.79 Å². The summed E-state index contributed by atoms with van der Waals surface area (Å²) < 4.78 is 7.08. The van der Waals surface area contributed by atoms with Crippen LogP contribution >= 0.6 is 0 Å². The average Bonchev–Trinajstić information content (AvgIpc) is 3.21. The molecule has 1 saturated heterocycles. The van der Waals surface area contributed by atoms with Crippen molar-refractivity contribution in [2.75, 3.05) is 33.3 Å². The van der Waals surface area contributed by atoms with Crippen molar-refractivity contribution in [2.45, 2.75) is 25.8 Å². The zero-order valence-electron chi connectivity index (χ0n) is 13.6. The first-order valence-corrected chi connectivity index (χ1v) is 8.25. The fourth-order valence-corrected chi connectivity index (χ4v) is 3.03. The Morgan fingerprint density at radius 3 is 2.91 bits per heavy atom. The number of amides is 1. The van der Waals surface area contributed by atoms with Crippen LogP contribution in [0.25, 0.3) is 10.9 Å². The number of aromatic nitrogens is 2. The molecule has 6 heteroatoms. The molecule has 0 saturated carbocycles. The number of carbonyl (C=O) groups is 1. The number of benzene rings is 1. The summed E-state index contributed by atoms with van der Waals surface area (Å²) in [4.78, 5) is 14.4. The van der Waals surface area contributed by atoms with Gasteiger partial charge in [-0.2, -0.15) is 5.10 Å². The lowest BCUT2D eigenvalue weighted by molar-refractivity contribution is -0.121. The second kappa shape index (κ2) is 7.46. The molecule has 0 radical (unpaired) electrons. The van der Waals surface area contributed by atoms with Gasteiger partial charge >= 0.3 is 0 Å². The van der Waals surface area contributed by atoms with E-state index < -0.39 is 0 Å². The molecule has 0 spiro atoms. The van der Waals surface area contributed by atoms with Gasteiger partial charge in [-0.05, 0) is 44.1 Å². The number of likely N-dealkylation sites (tertiary alicyclic amines) is 1. The van der Waals surface area contributed by atoms with Crippen molar-refractivity contribution in [3.63, 3.8) is 0 Å². The molecule has 1 aliphatic rings. The van der Waals surface area contributed by atoms with E-state index in [1.165, 1.54) is 25.9 Å². The molecule has 3 rings (SSSR count). The Hall–Kier alpha value is -2.08. The van der Waals surface area contributed by atoms with Crippen molar-refractivity contribution in [1.29, 1.82) is 0 Å². The normalized spacial score (nSPS) is 15.2. The molecule has 0 aliphatic carbocycles. The van der Waals surface area contributed by atoms with Gasteiger partial charge in [0.15, 0.2) is 0 Å². The Balaban J connectivity index is 1.46. The number of fused-ring (bicyclic) bond motifs is 1. The third-order valence-corrected chi connectivity index (χ3v) is 4.35. The van der Waals surface area contributed by atoms with Crippen LogP contribution < -0.4 is 10.1 Å². The van der Waals surface area contributed by atoms with Crippen molar-refractivity contribution in [2.24, 2.45) is 0 Å². The smallest absolute Gasteiger partial charge is 0.221 e. The van der Waals surface area contributed by atoms with E-state index in [-0.39, 0.29) is 5.91 Å². The Morgan fingerprint density at radius 1 is 1.30 bits per heavy atom. The van der Waals surface area contributed by atoms with Gasteiger partial charge in [0, 0.05) is 24.9 Å². The highest BCUT2D eigenvalue weighted by atomic mass is 16.5. The summed E-state index contributed by atoms with van der Waals surface area (Å²) in [6.07, 6.45) is 4.82. The number of nitrogens with one attached hydrogen (secondary N) is 1. The minimum Gasteiger partial charge on any atom is -0.497 e. The molecular weight excluding hydrogens is 292 g/mol. The van der Waals surface area contributed by atoms with Gasteiger partial charge in [0.05, 0.1) is 25.4 Å². The molecule has 0 atom stereocenters. The Labute approximate surface area is 136 Å². The van der Waals surface area contributed by atoms with Crippen LogP contribution in [0.2, 0.25) is 0 Å². The van der Waals surface area contributed by atoms with Gasteiger partial charge in [0.1, 0.15) is 5.75 Å². The molecule has 2 heterocycles. The number of nitrogens with zero attached hydrogens (tertiary/aromatic N) is 3. The fourth-order valence-electron chi connectivity index (χ4n) is 3.03. The fraction of sp³-hybridized carbons (Fsp3) is 0.529. The van der Waals surface area contributed by atoms with Crippen LogP contribution in [0.15, 0.2) is 24.4 Å². The zero-order valence-corrected chi connectivity index (χ0v) is 13.6. The first kappa shape index (κ1) is 15.8. The number of methoxy groups -OCH3 is 1. The molecule has 1 aromatic heterocycles. The monoisotopic (exact) mass is 316 g/mol. The van der Waals surface area contributed by atoms with Gasteiger partial charge in [-0.15, -0.1) is 0 Å². The molecule has 6 nitrogen and oxygen atoms in total. The first-order valence-electron chi connectivity index (χ1n) is 8.25. The van der Waals surface area contributed by atoms with Crippen LogP contribution in [0.1, 0.15) is 19.3 Å². The molecule has 1 aliphatic heterocycles. The quantitative estimate of drug-likeness (QED) is 0.844. The summed E-state index contributed by atoms with van der Waals surface area (Å²) in [5.41, 5.74) is 1.02. The van der Waals surface area contributed by atoms with Crippen LogP contribution in [0.3, 0.4) is 0 Å². The maximum Gasteiger partial charge on any atom is 0.221 e. The maximum atomic E-state index is 12.0. The van der Waals surface area contributed by atoms with E-state index in [0.717, 1.165) is 29.7 Å². The molecular formula is C17H24N4O2. The number of ether oxygens (including phenoxy) is 1. The second-order valence-corrected chi connectivity index (χ2v) is 5.94. The minimum absolute atomic E-state index is 0.0846. The maximum absolute atomic E-state index is 12.0.